The number of amides is 1. The summed E-state index contributed by atoms with van der Waals surface area (Å²) in [5.41, 5.74) is 4.38. The lowest BCUT2D eigenvalue weighted by Gasteiger charge is -2.21. The fourth-order valence-electron chi connectivity index (χ4n) is 3.62. The molecule has 2 heterocycles. The quantitative estimate of drug-likeness (QED) is 0.258. The van der Waals surface area contributed by atoms with Gasteiger partial charge < -0.3 is 10.1 Å². The van der Waals surface area contributed by atoms with Crippen molar-refractivity contribution in [2.45, 2.75) is 18.4 Å². The van der Waals surface area contributed by atoms with Gasteiger partial charge >= 0.3 is 0 Å². The van der Waals surface area contributed by atoms with E-state index in [4.69, 9.17) is 9.72 Å². The van der Waals surface area contributed by atoms with Gasteiger partial charge in [-0.1, -0.05) is 42.1 Å². The lowest BCUT2D eigenvalue weighted by atomic mass is 10.0. The van der Waals surface area contributed by atoms with E-state index in [0.717, 1.165) is 28.1 Å². The molecule has 5 nitrogen and oxygen atoms in total. The highest BCUT2D eigenvalue weighted by atomic mass is 32.2. The Hall–Kier alpha value is -3.71. The van der Waals surface area contributed by atoms with Crippen LogP contribution in [-0.4, -0.2) is 21.6 Å². The van der Waals surface area contributed by atoms with Crippen molar-refractivity contribution in [1.82, 2.24) is 9.97 Å². The number of benzene rings is 3. The molecule has 0 fully saturated rings. The van der Waals surface area contributed by atoms with Crippen molar-refractivity contribution in [2.75, 3.05) is 11.1 Å². The predicted octanol–water partition coefficient (Wildman–Crippen LogP) is 6.02. The van der Waals surface area contributed by atoms with Crippen LogP contribution in [0.3, 0.4) is 0 Å². The second kappa shape index (κ2) is 9.03. The minimum Gasteiger partial charge on any atom is -0.438 e. The Kier molecular flexibility index (Phi) is 5.79. The van der Waals surface area contributed by atoms with Crippen molar-refractivity contribution < 1.29 is 13.9 Å². The van der Waals surface area contributed by atoms with E-state index in [9.17, 15) is 9.18 Å². The first kappa shape index (κ1) is 21.2. The van der Waals surface area contributed by atoms with E-state index in [0.29, 0.717) is 28.7 Å². The molecule has 7 heteroatoms. The number of hydrogen-bond donors (Lipinski definition) is 1. The Morgan fingerprint density at radius 3 is 2.70 bits per heavy atom. The zero-order valence-corrected chi connectivity index (χ0v) is 18.7. The summed E-state index contributed by atoms with van der Waals surface area (Å²) < 4.78 is 19.5. The van der Waals surface area contributed by atoms with Crippen LogP contribution in [0, 0.1) is 12.7 Å². The first-order valence-corrected chi connectivity index (χ1v) is 11.5. The standard InChI is InChI=1S/C26H20FN3O2S/c1-16-5-4-7-20(13-16)28-23(31)15-33-26-21-14-18-6-2-3-8-22(18)32-25(21)29-24(30-26)17-9-11-19(27)12-10-17/h2-13H,14-15H2,1H3,(H,28,31). The summed E-state index contributed by atoms with van der Waals surface area (Å²) in [4.78, 5) is 21.9. The number of rotatable bonds is 5. The lowest BCUT2D eigenvalue weighted by molar-refractivity contribution is -0.113. The third-order valence-electron chi connectivity index (χ3n) is 5.22. The number of para-hydroxylation sites is 1. The minimum absolute atomic E-state index is 0.126. The number of aryl methyl sites for hydroxylation is 1. The summed E-state index contributed by atoms with van der Waals surface area (Å²) in [5, 5.41) is 3.60. The fraction of sp³-hybridized carbons (Fsp3) is 0.115. The van der Waals surface area contributed by atoms with E-state index >= 15 is 0 Å². The Balaban J connectivity index is 1.44. The van der Waals surface area contributed by atoms with Crippen molar-refractivity contribution >= 4 is 23.4 Å². The first-order chi connectivity index (χ1) is 16.0. The van der Waals surface area contributed by atoms with Crippen LogP contribution in [0.1, 0.15) is 16.7 Å². The molecule has 0 aliphatic carbocycles. The van der Waals surface area contributed by atoms with Crippen LogP contribution in [0.4, 0.5) is 10.1 Å². The maximum atomic E-state index is 13.4. The molecule has 1 amide bonds. The van der Waals surface area contributed by atoms with Gasteiger partial charge in [-0.2, -0.15) is 4.98 Å². The molecule has 1 aromatic heterocycles. The summed E-state index contributed by atoms with van der Waals surface area (Å²) in [6.45, 7) is 1.98. The average molecular weight is 458 g/mol. The number of halogens is 1. The van der Waals surface area contributed by atoms with E-state index in [-0.39, 0.29) is 17.5 Å². The molecule has 1 N–H and O–H groups in total. The largest absolute Gasteiger partial charge is 0.438 e. The molecule has 164 valence electrons. The van der Waals surface area contributed by atoms with Gasteiger partial charge in [-0.15, -0.1) is 0 Å². The summed E-state index contributed by atoms with van der Waals surface area (Å²) in [5.74, 6) is 1.37. The van der Waals surface area contributed by atoms with Crippen LogP contribution in [-0.2, 0) is 11.2 Å². The highest BCUT2D eigenvalue weighted by Gasteiger charge is 2.24. The highest BCUT2D eigenvalue weighted by molar-refractivity contribution is 8.00. The van der Waals surface area contributed by atoms with Crippen molar-refractivity contribution in [3.8, 4) is 23.0 Å². The van der Waals surface area contributed by atoms with Crippen LogP contribution in [0.2, 0.25) is 0 Å². The summed E-state index contributed by atoms with van der Waals surface area (Å²) >= 11 is 1.34. The zero-order chi connectivity index (χ0) is 22.8. The van der Waals surface area contributed by atoms with Crippen LogP contribution >= 0.6 is 11.8 Å². The number of fused-ring (bicyclic) bond motifs is 2. The Morgan fingerprint density at radius 2 is 1.88 bits per heavy atom. The van der Waals surface area contributed by atoms with Crippen molar-refractivity contribution in [1.29, 1.82) is 0 Å². The van der Waals surface area contributed by atoms with Gasteiger partial charge in [-0.3, -0.25) is 4.79 Å². The second-order valence-electron chi connectivity index (χ2n) is 7.74. The molecule has 5 rings (SSSR count). The number of thioether (sulfide) groups is 1. The summed E-state index contributed by atoms with van der Waals surface area (Å²) in [6.07, 6.45) is 0.608. The normalized spacial score (nSPS) is 11.8. The van der Waals surface area contributed by atoms with E-state index in [1.54, 1.807) is 12.1 Å². The lowest BCUT2D eigenvalue weighted by Crippen LogP contribution is -2.15. The van der Waals surface area contributed by atoms with Gasteiger partial charge in [0.15, 0.2) is 5.82 Å². The number of anilines is 1. The third-order valence-corrected chi connectivity index (χ3v) is 6.24. The summed E-state index contributed by atoms with van der Waals surface area (Å²) in [6, 6.07) is 21.5. The number of nitrogens with zero attached hydrogens (tertiary/aromatic N) is 2. The molecule has 33 heavy (non-hydrogen) atoms. The number of aromatic nitrogens is 2. The molecule has 1 aliphatic rings. The van der Waals surface area contributed by atoms with Gasteiger partial charge in [-0.05, 0) is 60.5 Å². The SMILES string of the molecule is Cc1cccc(NC(=O)CSc2nc(-c3ccc(F)cc3)nc3c2Cc2ccccc2O3)c1. The number of carbonyl (C=O) groups excluding carboxylic acids is 1. The molecule has 0 unspecified atom stereocenters. The van der Waals surface area contributed by atoms with E-state index in [2.05, 4.69) is 10.3 Å². The van der Waals surface area contributed by atoms with Crippen molar-refractivity contribution in [2.24, 2.45) is 0 Å². The number of ether oxygens (including phenoxy) is 1. The van der Waals surface area contributed by atoms with E-state index < -0.39 is 0 Å². The molecule has 0 radical (unpaired) electrons. The monoisotopic (exact) mass is 457 g/mol. The van der Waals surface area contributed by atoms with Gasteiger partial charge in [0.1, 0.15) is 16.6 Å². The maximum Gasteiger partial charge on any atom is 0.234 e. The average Bonchev–Trinajstić information content (AvgIpc) is 2.81. The Morgan fingerprint density at radius 1 is 1.06 bits per heavy atom. The molecular formula is C26H20FN3O2S. The molecule has 0 atom stereocenters. The molecule has 0 saturated carbocycles. The predicted molar refractivity (Wildman–Crippen MR) is 127 cm³/mol. The third kappa shape index (κ3) is 4.73. The van der Waals surface area contributed by atoms with Crippen LogP contribution in [0.5, 0.6) is 11.6 Å². The van der Waals surface area contributed by atoms with Gasteiger partial charge in [-0.25, -0.2) is 9.37 Å². The first-order valence-electron chi connectivity index (χ1n) is 10.5. The molecule has 0 saturated heterocycles. The van der Waals surface area contributed by atoms with Gasteiger partial charge in [0.25, 0.3) is 0 Å². The second-order valence-corrected chi connectivity index (χ2v) is 8.70. The van der Waals surface area contributed by atoms with Gasteiger partial charge in [0.05, 0.1) is 11.3 Å². The van der Waals surface area contributed by atoms with Crippen LogP contribution in [0.15, 0.2) is 77.8 Å². The van der Waals surface area contributed by atoms with E-state index in [1.807, 2.05) is 55.5 Å². The molecule has 1 aliphatic heterocycles. The topological polar surface area (TPSA) is 64.1 Å². The molecule has 4 aromatic rings. The van der Waals surface area contributed by atoms with Crippen molar-refractivity contribution in [3.05, 3.63) is 95.3 Å². The number of nitrogens with one attached hydrogen (secondary N) is 1. The molecular weight excluding hydrogens is 437 g/mol. The summed E-state index contributed by atoms with van der Waals surface area (Å²) in [7, 11) is 0. The fourth-order valence-corrected chi connectivity index (χ4v) is 4.45. The Labute approximate surface area is 195 Å². The van der Waals surface area contributed by atoms with Crippen LogP contribution < -0.4 is 10.1 Å². The van der Waals surface area contributed by atoms with Crippen LogP contribution in [0.25, 0.3) is 11.4 Å². The molecule has 0 spiro atoms. The zero-order valence-electron chi connectivity index (χ0n) is 17.8. The molecule has 3 aromatic carbocycles. The van der Waals surface area contributed by atoms with E-state index in [1.165, 1.54) is 23.9 Å². The smallest absolute Gasteiger partial charge is 0.234 e. The number of hydrogen-bond acceptors (Lipinski definition) is 5. The van der Waals surface area contributed by atoms with Gasteiger partial charge in [0, 0.05) is 17.7 Å². The Bertz CT molecular complexity index is 1340. The number of carbonyl (C=O) groups is 1. The van der Waals surface area contributed by atoms with Crippen molar-refractivity contribution in [3.63, 3.8) is 0 Å². The molecule has 0 bridgehead atoms. The minimum atomic E-state index is -0.329. The highest BCUT2D eigenvalue weighted by Crippen LogP contribution is 2.40. The van der Waals surface area contributed by atoms with Gasteiger partial charge in [0.2, 0.25) is 11.8 Å². The maximum absolute atomic E-state index is 13.4.